The largest absolute Gasteiger partial charge is 0.229 e. The highest BCUT2D eigenvalue weighted by Gasteiger charge is 2.37. The zero-order valence-electron chi connectivity index (χ0n) is 9.13. The number of hydrogen-bond acceptors (Lipinski definition) is 4. The average Bonchev–Trinajstić information content (AvgIpc) is 2.70. The van der Waals surface area contributed by atoms with Crippen molar-refractivity contribution >= 4 is 19.9 Å². The molecule has 2 rings (SSSR count). The Hall–Kier alpha value is -0.140. The number of nitrogens with zero attached hydrogens (tertiary/aromatic N) is 1. The van der Waals surface area contributed by atoms with Gasteiger partial charge >= 0.3 is 0 Å². The summed E-state index contributed by atoms with van der Waals surface area (Å²) >= 11 is 0. The molecule has 16 heavy (non-hydrogen) atoms. The number of rotatable bonds is 2. The number of hydrogen-bond donors (Lipinski definition) is 0. The van der Waals surface area contributed by atoms with E-state index in [0.717, 1.165) is 12.8 Å². The van der Waals surface area contributed by atoms with Crippen LogP contribution in [0.1, 0.15) is 25.7 Å². The summed E-state index contributed by atoms with van der Waals surface area (Å²) in [6, 6.07) is 0. The standard InChI is InChI=1S/C9H17NO4S2/c11-15(12)7-3-9(4-8-15)16(13,14)10-5-1-2-6-10/h9H,1-8H2. The van der Waals surface area contributed by atoms with Gasteiger partial charge in [-0.05, 0) is 25.7 Å². The monoisotopic (exact) mass is 267 g/mol. The van der Waals surface area contributed by atoms with E-state index in [0.29, 0.717) is 13.1 Å². The van der Waals surface area contributed by atoms with E-state index < -0.39 is 25.1 Å². The Kier molecular flexibility index (Phi) is 3.29. The second kappa shape index (κ2) is 4.27. The highest BCUT2D eigenvalue weighted by Crippen LogP contribution is 2.24. The van der Waals surface area contributed by atoms with Crippen LogP contribution in [0, 0.1) is 0 Å². The third kappa shape index (κ3) is 2.41. The highest BCUT2D eigenvalue weighted by molar-refractivity contribution is 7.92. The van der Waals surface area contributed by atoms with Gasteiger partial charge in [0.1, 0.15) is 9.84 Å². The van der Waals surface area contributed by atoms with Crippen molar-refractivity contribution in [2.45, 2.75) is 30.9 Å². The van der Waals surface area contributed by atoms with Gasteiger partial charge in [0.25, 0.3) is 0 Å². The van der Waals surface area contributed by atoms with Crippen LogP contribution in [0.5, 0.6) is 0 Å². The summed E-state index contributed by atoms with van der Waals surface area (Å²) in [7, 11) is -6.23. The molecular weight excluding hydrogens is 250 g/mol. The molecule has 2 saturated heterocycles. The average molecular weight is 267 g/mol. The van der Waals surface area contributed by atoms with Gasteiger partial charge in [0, 0.05) is 13.1 Å². The molecule has 94 valence electrons. The normalized spacial score (nSPS) is 28.2. The maximum atomic E-state index is 12.1. The second-order valence-electron chi connectivity index (χ2n) is 4.50. The maximum absolute atomic E-state index is 12.1. The summed E-state index contributed by atoms with van der Waals surface area (Å²) in [6.07, 6.45) is 2.37. The zero-order valence-corrected chi connectivity index (χ0v) is 10.8. The van der Waals surface area contributed by atoms with Crippen LogP contribution < -0.4 is 0 Å². The zero-order chi connectivity index (χ0) is 11.8. The Morgan fingerprint density at radius 1 is 1.00 bits per heavy atom. The first kappa shape index (κ1) is 12.3. The lowest BCUT2D eigenvalue weighted by Gasteiger charge is -2.26. The second-order valence-corrected chi connectivity index (χ2v) is 9.02. The van der Waals surface area contributed by atoms with Crippen LogP contribution in [-0.2, 0) is 19.9 Å². The third-order valence-corrected chi connectivity index (χ3v) is 7.46. The van der Waals surface area contributed by atoms with Gasteiger partial charge in [-0.15, -0.1) is 0 Å². The molecule has 2 fully saturated rings. The predicted octanol–water partition coefficient (Wildman–Crippen LogP) is -0.0108. The van der Waals surface area contributed by atoms with E-state index in [1.807, 2.05) is 0 Å². The van der Waals surface area contributed by atoms with Crippen molar-refractivity contribution in [3.63, 3.8) is 0 Å². The first-order valence-electron chi connectivity index (χ1n) is 5.61. The topological polar surface area (TPSA) is 71.5 Å². The molecule has 0 aromatic carbocycles. The van der Waals surface area contributed by atoms with Crippen molar-refractivity contribution in [1.82, 2.24) is 4.31 Å². The fourth-order valence-corrected chi connectivity index (χ4v) is 6.13. The Morgan fingerprint density at radius 3 is 2.00 bits per heavy atom. The quantitative estimate of drug-likeness (QED) is 0.705. The molecule has 0 aliphatic carbocycles. The molecule has 5 nitrogen and oxygen atoms in total. The Balaban J connectivity index is 2.08. The van der Waals surface area contributed by atoms with Crippen molar-refractivity contribution in [2.24, 2.45) is 0 Å². The third-order valence-electron chi connectivity index (χ3n) is 3.35. The summed E-state index contributed by atoms with van der Waals surface area (Å²) < 4.78 is 48.3. The van der Waals surface area contributed by atoms with Gasteiger partial charge in [0.05, 0.1) is 16.8 Å². The summed E-state index contributed by atoms with van der Waals surface area (Å²) in [5, 5.41) is -0.478. The molecule has 0 atom stereocenters. The first-order valence-corrected chi connectivity index (χ1v) is 8.94. The molecule has 0 saturated carbocycles. The first-order chi connectivity index (χ1) is 7.42. The Bertz CT molecular complexity index is 434. The minimum Gasteiger partial charge on any atom is -0.229 e. The van der Waals surface area contributed by atoms with Gasteiger partial charge < -0.3 is 0 Å². The van der Waals surface area contributed by atoms with Gasteiger partial charge in [-0.2, -0.15) is 0 Å². The van der Waals surface area contributed by atoms with Crippen LogP contribution >= 0.6 is 0 Å². The molecule has 0 spiro atoms. The van der Waals surface area contributed by atoms with Crippen molar-refractivity contribution in [1.29, 1.82) is 0 Å². The van der Waals surface area contributed by atoms with E-state index >= 15 is 0 Å². The lowest BCUT2D eigenvalue weighted by molar-refractivity contribution is 0.457. The smallest absolute Gasteiger partial charge is 0.217 e. The molecular formula is C9H17NO4S2. The molecule has 0 N–H and O–H groups in total. The van der Waals surface area contributed by atoms with Crippen molar-refractivity contribution < 1.29 is 16.8 Å². The summed E-state index contributed by atoms with van der Waals surface area (Å²) in [4.78, 5) is 0. The highest BCUT2D eigenvalue weighted by atomic mass is 32.2. The SMILES string of the molecule is O=S1(=O)CCC(S(=O)(=O)N2CCCC2)CC1. The Morgan fingerprint density at radius 2 is 1.50 bits per heavy atom. The van der Waals surface area contributed by atoms with Gasteiger partial charge in [-0.1, -0.05) is 0 Å². The van der Waals surface area contributed by atoms with Crippen LogP contribution in [0.3, 0.4) is 0 Å². The molecule has 2 aliphatic heterocycles. The Labute approximate surface area is 96.8 Å². The molecule has 2 aliphatic rings. The lowest BCUT2D eigenvalue weighted by atomic mass is 10.2. The van der Waals surface area contributed by atoms with Gasteiger partial charge in [0.15, 0.2) is 0 Å². The summed E-state index contributed by atoms with van der Waals surface area (Å²) in [5.74, 6) is 0.0372. The molecule has 7 heteroatoms. The van der Waals surface area contributed by atoms with Gasteiger partial charge in [0.2, 0.25) is 10.0 Å². The van der Waals surface area contributed by atoms with Crippen LogP contribution in [0.15, 0.2) is 0 Å². The van der Waals surface area contributed by atoms with E-state index in [2.05, 4.69) is 0 Å². The maximum Gasteiger partial charge on any atom is 0.217 e. The molecule has 0 amide bonds. The molecule has 0 bridgehead atoms. The number of sulfonamides is 1. The van der Waals surface area contributed by atoms with Crippen molar-refractivity contribution in [3.8, 4) is 0 Å². The molecule has 0 radical (unpaired) electrons. The van der Waals surface area contributed by atoms with E-state index in [9.17, 15) is 16.8 Å². The van der Waals surface area contributed by atoms with Crippen LogP contribution in [0.2, 0.25) is 0 Å². The van der Waals surface area contributed by atoms with Gasteiger partial charge in [-0.3, -0.25) is 0 Å². The molecule has 2 heterocycles. The minimum atomic E-state index is -3.24. The van der Waals surface area contributed by atoms with Gasteiger partial charge in [-0.25, -0.2) is 21.1 Å². The van der Waals surface area contributed by atoms with E-state index in [-0.39, 0.29) is 24.3 Å². The van der Waals surface area contributed by atoms with E-state index in [4.69, 9.17) is 0 Å². The van der Waals surface area contributed by atoms with Crippen molar-refractivity contribution in [3.05, 3.63) is 0 Å². The summed E-state index contributed by atoms with van der Waals surface area (Å²) in [5.41, 5.74) is 0. The van der Waals surface area contributed by atoms with Crippen molar-refractivity contribution in [2.75, 3.05) is 24.6 Å². The van der Waals surface area contributed by atoms with Crippen LogP contribution in [0.25, 0.3) is 0 Å². The van der Waals surface area contributed by atoms with Crippen LogP contribution in [-0.4, -0.2) is 51.0 Å². The molecule has 0 unspecified atom stereocenters. The summed E-state index contributed by atoms with van der Waals surface area (Å²) in [6.45, 7) is 1.21. The van der Waals surface area contributed by atoms with E-state index in [1.165, 1.54) is 4.31 Å². The fraction of sp³-hybridized carbons (Fsp3) is 1.00. The number of sulfone groups is 1. The van der Waals surface area contributed by atoms with Crippen LogP contribution in [0.4, 0.5) is 0 Å². The predicted molar refractivity (Wildman–Crippen MR) is 61.4 cm³/mol. The minimum absolute atomic E-state index is 0.0186. The lowest BCUT2D eigenvalue weighted by Crippen LogP contribution is -2.41. The van der Waals surface area contributed by atoms with E-state index in [1.54, 1.807) is 0 Å². The molecule has 0 aromatic rings. The fourth-order valence-electron chi connectivity index (χ4n) is 2.32. The molecule has 0 aromatic heterocycles.